The van der Waals surface area contributed by atoms with E-state index in [2.05, 4.69) is 6.58 Å². The van der Waals surface area contributed by atoms with Crippen LogP contribution in [-0.4, -0.2) is 47.7 Å². The molecule has 0 bridgehead atoms. The summed E-state index contributed by atoms with van der Waals surface area (Å²) >= 11 is 0. The maximum Gasteiger partial charge on any atom is 0.231 e. The standard InChI is InChI=1S/C17H21NO4/c1-2-6-14(10-19)17(21)18-15(12-22-16(18)11-20)9-13-7-4-3-5-8-13/h2-5,7-8,11,14-16,19H,1,6,9-10,12H2. The van der Waals surface area contributed by atoms with Crippen molar-refractivity contribution in [3.8, 4) is 0 Å². The Bertz CT molecular complexity index is 517. The predicted octanol–water partition coefficient (Wildman–Crippen LogP) is 1.17. The van der Waals surface area contributed by atoms with Gasteiger partial charge in [0.1, 0.15) is 0 Å². The molecule has 0 aliphatic carbocycles. The number of aliphatic hydroxyl groups is 1. The van der Waals surface area contributed by atoms with Crippen molar-refractivity contribution in [3.63, 3.8) is 0 Å². The molecule has 1 aliphatic heterocycles. The summed E-state index contributed by atoms with van der Waals surface area (Å²) in [4.78, 5) is 25.3. The van der Waals surface area contributed by atoms with Gasteiger partial charge in [0, 0.05) is 0 Å². The maximum absolute atomic E-state index is 12.6. The van der Waals surface area contributed by atoms with Gasteiger partial charge in [0.2, 0.25) is 5.91 Å². The summed E-state index contributed by atoms with van der Waals surface area (Å²) in [6, 6.07) is 9.54. The van der Waals surface area contributed by atoms with Crippen molar-refractivity contribution < 1.29 is 19.4 Å². The zero-order valence-corrected chi connectivity index (χ0v) is 12.4. The Labute approximate surface area is 130 Å². The Kier molecular flexibility index (Phi) is 5.86. The van der Waals surface area contributed by atoms with Gasteiger partial charge in [0.25, 0.3) is 0 Å². The highest BCUT2D eigenvalue weighted by Crippen LogP contribution is 2.23. The number of amides is 1. The molecule has 1 heterocycles. The zero-order chi connectivity index (χ0) is 15.9. The molecule has 3 atom stereocenters. The lowest BCUT2D eigenvalue weighted by Gasteiger charge is -2.28. The van der Waals surface area contributed by atoms with E-state index in [4.69, 9.17) is 4.74 Å². The third-order valence-electron chi connectivity index (χ3n) is 3.83. The quantitative estimate of drug-likeness (QED) is 0.606. The van der Waals surface area contributed by atoms with E-state index in [9.17, 15) is 14.7 Å². The number of aliphatic hydroxyl groups excluding tert-OH is 1. The number of aldehydes is 1. The van der Waals surface area contributed by atoms with Gasteiger partial charge in [0.05, 0.1) is 25.2 Å². The van der Waals surface area contributed by atoms with E-state index in [1.165, 1.54) is 4.90 Å². The van der Waals surface area contributed by atoms with E-state index in [1.54, 1.807) is 6.08 Å². The third kappa shape index (κ3) is 3.61. The van der Waals surface area contributed by atoms with Crippen LogP contribution in [0.4, 0.5) is 0 Å². The lowest BCUT2D eigenvalue weighted by Crippen LogP contribution is -2.47. The number of ether oxygens (including phenoxy) is 1. The zero-order valence-electron chi connectivity index (χ0n) is 12.4. The first-order valence-corrected chi connectivity index (χ1v) is 7.36. The Morgan fingerprint density at radius 2 is 2.18 bits per heavy atom. The smallest absolute Gasteiger partial charge is 0.231 e. The molecule has 22 heavy (non-hydrogen) atoms. The van der Waals surface area contributed by atoms with E-state index >= 15 is 0 Å². The summed E-state index contributed by atoms with van der Waals surface area (Å²) in [6.07, 6.45) is 2.34. The number of nitrogens with zero attached hydrogens (tertiary/aromatic N) is 1. The number of carbonyl (C=O) groups is 2. The van der Waals surface area contributed by atoms with E-state index < -0.39 is 12.1 Å². The molecule has 0 aromatic heterocycles. The molecular formula is C17H21NO4. The van der Waals surface area contributed by atoms with Crippen LogP contribution in [-0.2, 0) is 20.7 Å². The molecular weight excluding hydrogens is 282 g/mol. The molecule has 1 aliphatic rings. The molecule has 1 aromatic rings. The topological polar surface area (TPSA) is 66.8 Å². The van der Waals surface area contributed by atoms with Gasteiger partial charge in [-0.1, -0.05) is 36.4 Å². The molecule has 5 heteroatoms. The molecule has 0 radical (unpaired) electrons. The molecule has 5 nitrogen and oxygen atoms in total. The van der Waals surface area contributed by atoms with Gasteiger partial charge in [-0.3, -0.25) is 9.59 Å². The fourth-order valence-corrected chi connectivity index (χ4v) is 2.70. The number of hydrogen-bond acceptors (Lipinski definition) is 4. The number of benzene rings is 1. The second-order valence-electron chi connectivity index (χ2n) is 5.35. The fourth-order valence-electron chi connectivity index (χ4n) is 2.70. The molecule has 1 aromatic carbocycles. The average molecular weight is 303 g/mol. The van der Waals surface area contributed by atoms with Crippen LogP contribution >= 0.6 is 0 Å². The van der Waals surface area contributed by atoms with Crippen LogP contribution in [0.5, 0.6) is 0 Å². The van der Waals surface area contributed by atoms with Crippen LogP contribution in [0.3, 0.4) is 0 Å². The summed E-state index contributed by atoms with van der Waals surface area (Å²) in [5.74, 6) is -0.849. The van der Waals surface area contributed by atoms with Crippen LogP contribution in [0, 0.1) is 5.92 Å². The number of hydrogen-bond donors (Lipinski definition) is 1. The average Bonchev–Trinajstić information content (AvgIpc) is 2.95. The van der Waals surface area contributed by atoms with Gasteiger partial charge in [-0.15, -0.1) is 6.58 Å². The van der Waals surface area contributed by atoms with Crippen LogP contribution in [0.1, 0.15) is 12.0 Å². The summed E-state index contributed by atoms with van der Waals surface area (Å²) in [7, 11) is 0. The number of allylic oxidation sites excluding steroid dienone is 1. The molecule has 1 amide bonds. The van der Waals surface area contributed by atoms with Gasteiger partial charge in [-0.2, -0.15) is 0 Å². The second kappa shape index (κ2) is 7.87. The minimum atomic E-state index is -0.875. The van der Waals surface area contributed by atoms with Gasteiger partial charge in [-0.25, -0.2) is 0 Å². The molecule has 0 saturated carbocycles. The monoisotopic (exact) mass is 303 g/mol. The van der Waals surface area contributed by atoms with Crippen LogP contribution < -0.4 is 0 Å². The molecule has 1 saturated heterocycles. The van der Waals surface area contributed by atoms with Gasteiger partial charge < -0.3 is 14.7 Å². The highest BCUT2D eigenvalue weighted by Gasteiger charge is 2.39. The molecule has 0 spiro atoms. The van der Waals surface area contributed by atoms with Crippen molar-refractivity contribution in [3.05, 3.63) is 48.6 Å². The Morgan fingerprint density at radius 3 is 2.77 bits per heavy atom. The lowest BCUT2D eigenvalue weighted by atomic mass is 10.0. The van der Waals surface area contributed by atoms with Crippen LogP contribution in [0.2, 0.25) is 0 Å². The number of rotatable bonds is 7. The summed E-state index contributed by atoms with van der Waals surface area (Å²) in [5.41, 5.74) is 1.07. The van der Waals surface area contributed by atoms with Gasteiger partial charge in [-0.05, 0) is 18.4 Å². The third-order valence-corrected chi connectivity index (χ3v) is 3.83. The first-order chi connectivity index (χ1) is 10.7. The minimum Gasteiger partial charge on any atom is -0.396 e. The van der Waals surface area contributed by atoms with Crippen LogP contribution in [0.15, 0.2) is 43.0 Å². The van der Waals surface area contributed by atoms with Crippen molar-refractivity contribution in [2.75, 3.05) is 13.2 Å². The Morgan fingerprint density at radius 1 is 1.45 bits per heavy atom. The van der Waals surface area contributed by atoms with E-state index in [-0.39, 0.29) is 18.6 Å². The second-order valence-corrected chi connectivity index (χ2v) is 5.35. The van der Waals surface area contributed by atoms with Gasteiger partial charge >= 0.3 is 0 Å². The highest BCUT2D eigenvalue weighted by atomic mass is 16.5. The maximum atomic E-state index is 12.6. The summed E-state index contributed by atoms with van der Waals surface area (Å²) in [5, 5.41) is 9.40. The SMILES string of the molecule is C=CCC(CO)C(=O)N1C(Cc2ccccc2)COC1C=O. The largest absolute Gasteiger partial charge is 0.396 e. The van der Waals surface area contributed by atoms with Crippen molar-refractivity contribution in [1.82, 2.24) is 4.90 Å². The Balaban J connectivity index is 2.16. The van der Waals surface area contributed by atoms with Crippen molar-refractivity contribution in [1.29, 1.82) is 0 Å². The highest BCUT2D eigenvalue weighted by molar-refractivity contribution is 5.82. The first-order valence-electron chi connectivity index (χ1n) is 7.36. The van der Waals surface area contributed by atoms with E-state index in [1.807, 2.05) is 30.3 Å². The molecule has 1 N–H and O–H groups in total. The first kappa shape index (κ1) is 16.4. The fraction of sp³-hybridized carbons (Fsp3) is 0.412. The van der Waals surface area contributed by atoms with Crippen molar-refractivity contribution in [2.45, 2.75) is 25.1 Å². The predicted molar refractivity (Wildman–Crippen MR) is 82.0 cm³/mol. The molecule has 2 rings (SSSR count). The normalized spacial score (nSPS) is 22.3. The summed E-state index contributed by atoms with van der Waals surface area (Å²) in [6.45, 7) is 3.64. The minimum absolute atomic E-state index is 0.205. The van der Waals surface area contributed by atoms with E-state index in [0.29, 0.717) is 25.7 Å². The van der Waals surface area contributed by atoms with Gasteiger partial charge in [0.15, 0.2) is 12.5 Å². The molecule has 1 fully saturated rings. The summed E-state index contributed by atoms with van der Waals surface area (Å²) < 4.78 is 5.42. The molecule has 118 valence electrons. The van der Waals surface area contributed by atoms with E-state index in [0.717, 1.165) is 5.56 Å². The number of carbonyl (C=O) groups excluding carboxylic acids is 2. The lowest BCUT2D eigenvalue weighted by molar-refractivity contribution is -0.147. The van der Waals surface area contributed by atoms with Crippen molar-refractivity contribution >= 4 is 12.2 Å². The molecule has 3 unspecified atom stereocenters. The Hall–Kier alpha value is -1.98. The van der Waals surface area contributed by atoms with Crippen LogP contribution in [0.25, 0.3) is 0 Å². The van der Waals surface area contributed by atoms with Crippen molar-refractivity contribution in [2.24, 2.45) is 5.92 Å².